The molecule has 5 nitrogen and oxygen atoms in total. The van der Waals surface area contributed by atoms with Crippen LogP contribution in [0.2, 0.25) is 5.02 Å². The first-order chi connectivity index (χ1) is 13.1. The normalized spacial score (nSPS) is 17.5. The molecule has 1 aromatic rings. The maximum Gasteiger partial charge on any atom is 0.573 e. The third-order valence-electron chi connectivity index (χ3n) is 4.44. The molecule has 156 valence electrons. The predicted molar refractivity (Wildman–Crippen MR) is 97.3 cm³/mol. The predicted octanol–water partition coefficient (Wildman–Crippen LogP) is 4.90. The summed E-state index contributed by atoms with van der Waals surface area (Å²) in [5, 5.41) is 1.21. The van der Waals surface area contributed by atoms with Gasteiger partial charge in [0.2, 0.25) is 5.91 Å². The van der Waals surface area contributed by atoms with Gasteiger partial charge < -0.3 is 14.8 Å². The summed E-state index contributed by atoms with van der Waals surface area (Å²) in [6.45, 7) is 1.85. The van der Waals surface area contributed by atoms with E-state index in [1.54, 1.807) is 6.92 Å². The first-order valence-electron chi connectivity index (χ1n) is 8.76. The van der Waals surface area contributed by atoms with Crippen molar-refractivity contribution in [3.05, 3.63) is 28.8 Å². The molecule has 1 saturated carbocycles. The highest BCUT2D eigenvalue weighted by Gasteiger charge is 2.43. The van der Waals surface area contributed by atoms with Crippen molar-refractivity contribution in [2.45, 2.75) is 56.3 Å². The van der Waals surface area contributed by atoms with E-state index in [1.807, 2.05) is 0 Å². The van der Waals surface area contributed by atoms with E-state index in [0.717, 1.165) is 31.4 Å². The van der Waals surface area contributed by atoms with E-state index >= 15 is 0 Å². The zero-order valence-corrected chi connectivity index (χ0v) is 16.6. The molecule has 0 heterocycles. The van der Waals surface area contributed by atoms with Gasteiger partial charge in [-0.25, -0.2) is 4.79 Å². The van der Waals surface area contributed by atoms with Crippen molar-refractivity contribution in [3.63, 3.8) is 0 Å². The Labute approximate surface area is 170 Å². The van der Waals surface area contributed by atoms with Gasteiger partial charge in [-0.3, -0.25) is 4.79 Å². The van der Waals surface area contributed by atoms with E-state index in [2.05, 4.69) is 10.1 Å². The fraction of sp³-hybridized carbons (Fsp3) is 0.556. The SMILES string of the molecule is CCOC(=O)C1(NC(=O)C(Cl)c2ccc(OC(F)(F)F)cc2Cl)CCCCC1. The molecule has 1 N–H and O–H groups in total. The molecule has 1 atom stereocenters. The van der Waals surface area contributed by atoms with E-state index in [1.165, 1.54) is 6.07 Å². The van der Waals surface area contributed by atoms with Gasteiger partial charge in [-0.2, -0.15) is 0 Å². The highest BCUT2D eigenvalue weighted by molar-refractivity contribution is 6.36. The topological polar surface area (TPSA) is 64.6 Å². The fourth-order valence-corrected chi connectivity index (χ4v) is 3.74. The van der Waals surface area contributed by atoms with Crippen LogP contribution in [-0.2, 0) is 14.3 Å². The largest absolute Gasteiger partial charge is 0.573 e. The molecule has 0 radical (unpaired) electrons. The third kappa shape index (κ3) is 5.67. The van der Waals surface area contributed by atoms with Crippen LogP contribution in [0.5, 0.6) is 5.75 Å². The number of hydrogen-bond donors (Lipinski definition) is 1. The van der Waals surface area contributed by atoms with Gasteiger partial charge in [0, 0.05) is 5.02 Å². The second kappa shape index (κ2) is 9.22. The second-order valence-corrected chi connectivity index (χ2v) is 7.29. The van der Waals surface area contributed by atoms with Crippen LogP contribution >= 0.6 is 23.2 Å². The van der Waals surface area contributed by atoms with Crippen LogP contribution in [-0.4, -0.2) is 30.4 Å². The summed E-state index contributed by atoms with van der Waals surface area (Å²) < 4.78 is 45.8. The number of carbonyl (C=O) groups excluding carboxylic acids is 2. The summed E-state index contributed by atoms with van der Waals surface area (Å²) in [5.74, 6) is -1.73. The molecular weight excluding hydrogens is 422 g/mol. The van der Waals surface area contributed by atoms with Gasteiger partial charge in [-0.15, -0.1) is 24.8 Å². The number of nitrogens with one attached hydrogen (secondary N) is 1. The molecule has 0 bridgehead atoms. The van der Waals surface area contributed by atoms with E-state index in [0.29, 0.717) is 12.8 Å². The van der Waals surface area contributed by atoms with Crippen LogP contribution in [0.15, 0.2) is 18.2 Å². The molecule has 1 amide bonds. The molecule has 0 aromatic heterocycles. The van der Waals surface area contributed by atoms with Crippen molar-refractivity contribution >= 4 is 35.1 Å². The lowest BCUT2D eigenvalue weighted by Crippen LogP contribution is -2.57. The van der Waals surface area contributed by atoms with Gasteiger partial charge in [-0.1, -0.05) is 36.9 Å². The third-order valence-corrected chi connectivity index (χ3v) is 5.21. The van der Waals surface area contributed by atoms with Crippen molar-refractivity contribution in [2.75, 3.05) is 6.61 Å². The van der Waals surface area contributed by atoms with Gasteiger partial charge in [0.05, 0.1) is 6.61 Å². The Morgan fingerprint density at radius 3 is 2.43 bits per heavy atom. The number of hydrogen-bond acceptors (Lipinski definition) is 4. The maximum atomic E-state index is 12.7. The Hall–Kier alpha value is -1.67. The average Bonchev–Trinajstić information content (AvgIpc) is 2.61. The Balaban J connectivity index is 2.17. The van der Waals surface area contributed by atoms with E-state index in [-0.39, 0.29) is 17.2 Å². The molecule has 1 aliphatic carbocycles. The summed E-state index contributed by atoms with van der Waals surface area (Å²) in [5.41, 5.74) is -1.06. The quantitative estimate of drug-likeness (QED) is 0.503. The Morgan fingerprint density at radius 1 is 1.25 bits per heavy atom. The van der Waals surface area contributed by atoms with Crippen molar-refractivity contribution in [1.29, 1.82) is 0 Å². The summed E-state index contributed by atoms with van der Waals surface area (Å²) >= 11 is 12.2. The van der Waals surface area contributed by atoms with Gasteiger partial charge in [-0.05, 0) is 37.5 Å². The number of rotatable bonds is 6. The minimum atomic E-state index is -4.87. The van der Waals surface area contributed by atoms with Crippen LogP contribution in [0.4, 0.5) is 13.2 Å². The summed E-state index contributed by atoms with van der Waals surface area (Å²) in [4.78, 5) is 25.1. The zero-order chi connectivity index (χ0) is 20.9. The number of esters is 1. The number of alkyl halides is 4. The maximum absolute atomic E-state index is 12.7. The second-order valence-electron chi connectivity index (χ2n) is 6.45. The first-order valence-corrected chi connectivity index (χ1v) is 9.58. The minimum Gasteiger partial charge on any atom is -0.464 e. The van der Waals surface area contributed by atoms with Crippen LogP contribution in [0.3, 0.4) is 0 Å². The monoisotopic (exact) mass is 441 g/mol. The van der Waals surface area contributed by atoms with Gasteiger partial charge in [0.15, 0.2) is 0 Å². The standard InChI is InChI=1S/C18H20Cl2F3NO4/c1-2-27-16(26)17(8-4-3-5-9-17)24-15(25)14(20)12-7-6-11(10-13(12)19)28-18(21,22)23/h6-7,10,14H,2-5,8-9H2,1H3,(H,24,25). The highest BCUT2D eigenvalue weighted by atomic mass is 35.5. The molecule has 0 saturated heterocycles. The van der Waals surface area contributed by atoms with E-state index < -0.39 is 34.9 Å². The molecule has 1 aromatic carbocycles. The van der Waals surface area contributed by atoms with E-state index in [4.69, 9.17) is 27.9 Å². The molecule has 1 unspecified atom stereocenters. The fourth-order valence-electron chi connectivity index (χ4n) is 3.16. The number of ether oxygens (including phenoxy) is 2. The van der Waals surface area contributed by atoms with E-state index in [9.17, 15) is 22.8 Å². The van der Waals surface area contributed by atoms with Gasteiger partial charge in [0.25, 0.3) is 0 Å². The molecule has 1 fully saturated rings. The molecule has 1 aliphatic rings. The number of benzene rings is 1. The van der Waals surface area contributed by atoms with Gasteiger partial charge in [0.1, 0.15) is 16.7 Å². The van der Waals surface area contributed by atoms with Crippen molar-refractivity contribution < 1.29 is 32.2 Å². The lowest BCUT2D eigenvalue weighted by molar-refractivity contribution is -0.274. The molecule has 0 aliphatic heterocycles. The van der Waals surface area contributed by atoms with Crippen LogP contribution in [0.25, 0.3) is 0 Å². The Bertz CT molecular complexity index is 721. The molecule has 0 spiro atoms. The Morgan fingerprint density at radius 2 is 1.89 bits per heavy atom. The van der Waals surface area contributed by atoms with Crippen LogP contribution in [0, 0.1) is 0 Å². The van der Waals surface area contributed by atoms with Crippen molar-refractivity contribution in [3.8, 4) is 5.75 Å². The Kier molecular flexibility index (Phi) is 7.45. The smallest absolute Gasteiger partial charge is 0.464 e. The minimum absolute atomic E-state index is 0.102. The van der Waals surface area contributed by atoms with Crippen molar-refractivity contribution in [1.82, 2.24) is 5.32 Å². The summed E-state index contributed by atoms with van der Waals surface area (Å²) in [6, 6.07) is 3.12. The molecule has 10 heteroatoms. The number of carbonyl (C=O) groups is 2. The van der Waals surface area contributed by atoms with Crippen LogP contribution < -0.4 is 10.1 Å². The highest BCUT2D eigenvalue weighted by Crippen LogP contribution is 2.35. The van der Waals surface area contributed by atoms with Crippen LogP contribution in [0.1, 0.15) is 50.0 Å². The molecule has 28 heavy (non-hydrogen) atoms. The van der Waals surface area contributed by atoms with Crippen molar-refractivity contribution in [2.24, 2.45) is 0 Å². The van der Waals surface area contributed by atoms with Gasteiger partial charge >= 0.3 is 12.3 Å². The number of halogens is 5. The lowest BCUT2D eigenvalue weighted by atomic mass is 9.81. The average molecular weight is 442 g/mol. The summed E-state index contributed by atoms with van der Waals surface area (Å²) in [7, 11) is 0. The lowest BCUT2D eigenvalue weighted by Gasteiger charge is -2.36. The molecular formula is C18H20Cl2F3NO4. The number of amides is 1. The summed E-state index contributed by atoms with van der Waals surface area (Å²) in [6.07, 6.45) is -1.59. The first kappa shape index (κ1) is 22.6. The molecule has 2 rings (SSSR count). The zero-order valence-electron chi connectivity index (χ0n) is 15.1.